The van der Waals surface area contributed by atoms with Crippen molar-refractivity contribution in [2.45, 2.75) is 6.54 Å². The van der Waals surface area contributed by atoms with Gasteiger partial charge < -0.3 is 19.8 Å². The summed E-state index contributed by atoms with van der Waals surface area (Å²) < 4.78 is 10.3. The van der Waals surface area contributed by atoms with Crippen molar-refractivity contribution in [2.24, 2.45) is 0 Å². The van der Waals surface area contributed by atoms with Crippen LogP contribution < -0.4 is 15.4 Å². The number of aromatic nitrogens is 2. The molecule has 0 saturated carbocycles. The normalized spacial score (nSPS) is 10.2. The number of nitrogens with one attached hydrogen (secondary N) is 2. The zero-order chi connectivity index (χ0) is 16.8. The Balaban J connectivity index is 1.60. The first-order valence-corrected chi connectivity index (χ1v) is 7.28. The number of hydrogen-bond acceptors (Lipinski definition) is 6. The van der Waals surface area contributed by atoms with E-state index in [2.05, 4.69) is 20.6 Å². The van der Waals surface area contributed by atoms with Crippen LogP contribution in [0.25, 0.3) is 0 Å². The van der Waals surface area contributed by atoms with Gasteiger partial charge in [0.25, 0.3) is 5.91 Å². The van der Waals surface area contributed by atoms with Crippen LogP contribution in [0.4, 0.5) is 11.5 Å². The fourth-order valence-corrected chi connectivity index (χ4v) is 2.02. The highest BCUT2D eigenvalue weighted by Crippen LogP contribution is 2.17. The van der Waals surface area contributed by atoms with Crippen molar-refractivity contribution in [3.05, 3.63) is 66.5 Å². The van der Waals surface area contributed by atoms with Crippen molar-refractivity contribution < 1.29 is 13.9 Å². The van der Waals surface area contributed by atoms with Crippen LogP contribution in [0.3, 0.4) is 0 Å². The van der Waals surface area contributed by atoms with Gasteiger partial charge in [-0.25, -0.2) is 9.97 Å². The number of hydrogen-bond donors (Lipinski definition) is 2. The molecule has 3 rings (SSSR count). The van der Waals surface area contributed by atoms with Crippen molar-refractivity contribution in [3.8, 4) is 5.75 Å². The van der Waals surface area contributed by atoms with Crippen LogP contribution in [0.5, 0.6) is 5.75 Å². The molecule has 7 heteroatoms. The van der Waals surface area contributed by atoms with E-state index in [0.29, 0.717) is 23.8 Å². The molecule has 24 heavy (non-hydrogen) atoms. The first-order valence-electron chi connectivity index (χ1n) is 7.28. The van der Waals surface area contributed by atoms with Gasteiger partial charge in [0, 0.05) is 11.8 Å². The van der Waals surface area contributed by atoms with Crippen LogP contribution in [0, 0.1) is 0 Å². The van der Waals surface area contributed by atoms with Crippen LogP contribution >= 0.6 is 0 Å². The molecule has 1 aromatic carbocycles. The average Bonchev–Trinajstić information content (AvgIpc) is 3.14. The Morgan fingerprint density at radius 2 is 2.12 bits per heavy atom. The van der Waals surface area contributed by atoms with Crippen LogP contribution in [-0.4, -0.2) is 23.0 Å². The van der Waals surface area contributed by atoms with Crippen molar-refractivity contribution in [2.75, 3.05) is 17.7 Å². The van der Waals surface area contributed by atoms with Gasteiger partial charge in [-0.15, -0.1) is 0 Å². The van der Waals surface area contributed by atoms with E-state index in [1.807, 2.05) is 12.1 Å². The molecule has 0 spiro atoms. The lowest BCUT2D eigenvalue weighted by Crippen LogP contribution is -2.14. The van der Waals surface area contributed by atoms with Gasteiger partial charge in [0.15, 0.2) is 0 Å². The van der Waals surface area contributed by atoms with E-state index in [9.17, 15) is 4.79 Å². The number of rotatable bonds is 6. The summed E-state index contributed by atoms with van der Waals surface area (Å²) in [5.74, 6) is 1.67. The Labute approximate surface area is 138 Å². The Morgan fingerprint density at radius 3 is 2.83 bits per heavy atom. The minimum Gasteiger partial charge on any atom is -0.497 e. The van der Waals surface area contributed by atoms with Crippen molar-refractivity contribution in [3.63, 3.8) is 0 Å². The molecular weight excluding hydrogens is 308 g/mol. The molecule has 0 bridgehead atoms. The molecule has 0 aliphatic rings. The quantitative estimate of drug-likeness (QED) is 0.724. The van der Waals surface area contributed by atoms with Crippen molar-refractivity contribution in [1.82, 2.24) is 9.97 Å². The molecule has 0 aliphatic heterocycles. The molecule has 0 saturated heterocycles. The molecule has 2 heterocycles. The minimum absolute atomic E-state index is 0.223. The van der Waals surface area contributed by atoms with Gasteiger partial charge in [0.1, 0.15) is 23.0 Å². The SMILES string of the molecule is COc1cccc(NC(=O)c2cnc(NCc3ccco3)cn2)c1. The molecule has 122 valence electrons. The van der Waals surface area contributed by atoms with E-state index in [1.54, 1.807) is 37.6 Å². The fourth-order valence-electron chi connectivity index (χ4n) is 2.02. The predicted molar refractivity (Wildman–Crippen MR) is 89.0 cm³/mol. The number of anilines is 2. The molecule has 1 amide bonds. The standard InChI is InChI=1S/C17H16N4O3/c1-23-13-5-2-4-12(8-13)21-17(22)15-10-20-16(11-18-15)19-9-14-6-3-7-24-14/h2-8,10-11H,9H2,1H3,(H,19,20)(H,21,22). The Bertz CT molecular complexity index is 801. The number of ether oxygens (including phenoxy) is 1. The van der Waals surface area contributed by atoms with E-state index in [4.69, 9.17) is 9.15 Å². The number of nitrogens with zero attached hydrogens (tertiary/aromatic N) is 2. The summed E-state index contributed by atoms with van der Waals surface area (Å²) in [4.78, 5) is 20.5. The van der Waals surface area contributed by atoms with Crippen LogP contribution in [0.2, 0.25) is 0 Å². The second-order valence-corrected chi connectivity index (χ2v) is 4.91. The van der Waals surface area contributed by atoms with Gasteiger partial charge in [0.2, 0.25) is 0 Å². The molecule has 0 aliphatic carbocycles. The molecule has 2 N–H and O–H groups in total. The summed E-state index contributed by atoms with van der Waals surface area (Å²) in [6.45, 7) is 0.497. The highest BCUT2D eigenvalue weighted by atomic mass is 16.5. The van der Waals surface area contributed by atoms with Gasteiger partial charge in [-0.1, -0.05) is 6.07 Å². The molecular formula is C17H16N4O3. The van der Waals surface area contributed by atoms with E-state index < -0.39 is 0 Å². The number of methoxy groups -OCH3 is 1. The number of carbonyl (C=O) groups excluding carboxylic acids is 1. The third-order valence-electron chi connectivity index (χ3n) is 3.24. The first kappa shape index (κ1) is 15.5. The van der Waals surface area contributed by atoms with Crippen molar-refractivity contribution in [1.29, 1.82) is 0 Å². The van der Waals surface area contributed by atoms with Gasteiger partial charge in [-0.2, -0.15) is 0 Å². The van der Waals surface area contributed by atoms with E-state index >= 15 is 0 Å². The maximum atomic E-state index is 12.2. The zero-order valence-corrected chi connectivity index (χ0v) is 13.0. The van der Waals surface area contributed by atoms with Gasteiger partial charge >= 0.3 is 0 Å². The lowest BCUT2D eigenvalue weighted by molar-refractivity contribution is 0.102. The van der Waals surface area contributed by atoms with Crippen LogP contribution in [0.15, 0.2) is 59.5 Å². The number of carbonyl (C=O) groups is 1. The molecule has 0 radical (unpaired) electrons. The van der Waals surface area contributed by atoms with Gasteiger partial charge in [0.05, 0.1) is 32.3 Å². The maximum absolute atomic E-state index is 12.2. The molecule has 0 fully saturated rings. The maximum Gasteiger partial charge on any atom is 0.275 e. The average molecular weight is 324 g/mol. The zero-order valence-electron chi connectivity index (χ0n) is 13.0. The van der Waals surface area contributed by atoms with E-state index in [0.717, 1.165) is 5.76 Å². The van der Waals surface area contributed by atoms with E-state index in [-0.39, 0.29) is 11.6 Å². The molecule has 0 atom stereocenters. The number of amides is 1. The second kappa shape index (κ2) is 7.28. The Kier molecular flexibility index (Phi) is 4.71. The monoisotopic (exact) mass is 324 g/mol. The summed E-state index contributed by atoms with van der Waals surface area (Å²) in [7, 11) is 1.57. The lowest BCUT2D eigenvalue weighted by atomic mass is 10.3. The Morgan fingerprint density at radius 1 is 1.21 bits per heavy atom. The molecule has 3 aromatic rings. The Hall–Kier alpha value is -3.35. The second-order valence-electron chi connectivity index (χ2n) is 4.91. The van der Waals surface area contributed by atoms with E-state index in [1.165, 1.54) is 12.4 Å². The lowest BCUT2D eigenvalue weighted by Gasteiger charge is -2.07. The molecule has 7 nitrogen and oxygen atoms in total. The highest BCUT2D eigenvalue weighted by Gasteiger charge is 2.09. The number of furan rings is 1. The summed E-state index contributed by atoms with van der Waals surface area (Å²) in [6.07, 6.45) is 4.53. The van der Waals surface area contributed by atoms with Gasteiger partial charge in [-0.3, -0.25) is 4.79 Å². The van der Waals surface area contributed by atoms with Crippen LogP contribution in [-0.2, 0) is 6.54 Å². The first-order chi connectivity index (χ1) is 11.7. The summed E-state index contributed by atoms with van der Waals surface area (Å²) in [5.41, 5.74) is 0.850. The minimum atomic E-state index is -0.340. The number of benzene rings is 1. The molecule has 0 unspecified atom stereocenters. The predicted octanol–water partition coefficient (Wildman–Crippen LogP) is 2.94. The summed E-state index contributed by atoms with van der Waals surface area (Å²) in [6, 6.07) is 10.8. The third-order valence-corrected chi connectivity index (χ3v) is 3.24. The van der Waals surface area contributed by atoms with Gasteiger partial charge in [-0.05, 0) is 24.3 Å². The largest absolute Gasteiger partial charge is 0.497 e. The fraction of sp³-hybridized carbons (Fsp3) is 0.118. The third kappa shape index (κ3) is 3.89. The highest BCUT2D eigenvalue weighted by molar-refractivity contribution is 6.02. The molecule has 2 aromatic heterocycles. The summed E-state index contributed by atoms with van der Waals surface area (Å²) in [5, 5.41) is 5.81. The van der Waals surface area contributed by atoms with Crippen LogP contribution in [0.1, 0.15) is 16.2 Å². The van der Waals surface area contributed by atoms with Crippen molar-refractivity contribution >= 4 is 17.4 Å². The summed E-state index contributed by atoms with van der Waals surface area (Å²) >= 11 is 0. The smallest absolute Gasteiger partial charge is 0.275 e. The topological polar surface area (TPSA) is 89.3 Å².